The second-order valence-electron chi connectivity index (χ2n) is 6.78. The fourth-order valence-electron chi connectivity index (χ4n) is 4.54. The molecule has 0 radical (unpaired) electrons. The van der Waals surface area contributed by atoms with Crippen molar-refractivity contribution in [2.45, 2.75) is 18.9 Å². The molecule has 5 heterocycles. The Balaban J connectivity index is 0.00000135. The van der Waals surface area contributed by atoms with Crippen molar-refractivity contribution >= 4 is 23.7 Å². The molecule has 23 heavy (non-hydrogen) atoms. The van der Waals surface area contributed by atoms with Crippen LogP contribution in [-0.4, -0.2) is 45.6 Å². The van der Waals surface area contributed by atoms with Crippen LogP contribution < -0.4 is 4.74 Å². The van der Waals surface area contributed by atoms with Gasteiger partial charge in [-0.15, -0.1) is 12.4 Å². The highest BCUT2D eigenvalue weighted by Crippen LogP contribution is 2.45. The maximum atomic E-state index is 6.33. The molecule has 0 spiro atoms. The van der Waals surface area contributed by atoms with Gasteiger partial charge in [0, 0.05) is 55.6 Å². The van der Waals surface area contributed by atoms with Crippen LogP contribution in [0.25, 0.3) is 10.4 Å². The largest absolute Gasteiger partial charge is 0.466 e. The molecule has 0 aromatic carbocycles. The van der Waals surface area contributed by atoms with Crippen LogP contribution in [0.1, 0.15) is 12.8 Å². The zero-order valence-corrected chi connectivity index (χ0v) is 14.3. The van der Waals surface area contributed by atoms with Crippen molar-refractivity contribution < 1.29 is 4.74 Å². The second-order valence-corrected chi connectivity index (χ2v) is 7.77. The Morgan fingerprint density at radius 3 is 2.48 bits per heavy atom. The number of halogens is 1. The summed E-state index contributed by atoms with van der Waals surface area (Å²) in [7, 11) is 0. The first-order valence-electron chi connectivity index (χ1n) is 7.95. The van der Waals surface area contributed by atoms with E-state index in [0.717, 1.165) is 21.6 Å². The van der Waals surface area contributed by atoms with E-state index in [0.29, 0.717) is 17.9 Å². The minimum absolute atomic E-state index is 0. The maximum absolute atomic E-state index is 6.33. The third kappa shape index (κ3) is 2.73. The summed E-state index contributed by atoms with van der Waals surface area (Å²) in [5.41, 5.74) is 1.01. The average Bonchev–Trinajstić information content (AvgIpc) is 3.00. The molecule has 0 N–H and O–H groups in total. The average molecular weight is 351 g/mol. The van der Waals surface area contributed by atoms with E-state index < -0.39 is 0 Å². The molecule has 2 aromatic heterocycles. The number of rotatable bonds is 3. The zero-order valence-electron chi connectivity index (χ0n) is 12.7. The number of piperidine rings is 3. The summed E-state index contributed by atoms with van der Waals surface area (Å²) in [6, 6.07) is 0. The summed E-state index contributed by atoms with van der Waals surface area (Å²) in [5.74, 6) is 2.29. The summed E-state index contributed by atoms with van der Waals surface area (Å²) < 4.78 is 6.33. The van der Waals surface area contributed by atoms with Gasteiger partial charge in [-0.2, -0.15) is 0 Å². The van der Waals surface area contributed by atoms with E-state index in [9.17, 15) is 0 Å². The summed E-state index contributed by atoms with van der Waals surface area (Å²) in [4.78, 5) is 16.3. The van der Waals surface area contributed by atoms with Crippen molar-refractivity contribution in [3.63, 3.8) is 0 Å². The minimum Gasteiger partial charge on any atom is -0.466 e. The van der Waals surface area contributed by atoms with Crippen LogP contribution in [0.3, 0.4) is 0 Å². The first-order valence-corrected chi connectivity index (χ1v) is 8.77. The molecule has 1 aliphatic carbocycles. The van der Waals surface area contributed by atoms with E-state index in [1.807, 2.05) is 18.6 Å². The summed E-state index contributed by atoms with van der Waals surface area (Å²) in [6.45, 7) is 3.74. The predicted octanol–water partition coefficient (Wildman–Crippen LogP) is 2.74. The molecule has 2 aromatic rings. The fraction of sp³-hybridized carbons (Fsp3) is 0.562. The number of nitrogens with zero attached hydrogens (tertiary/aromatic N) is 4. The van der Waals surface area contributed by atoms with Crippen molar-refractivity contribution in [3.05, 3.63) is 24.9 Å². The van der Waals surface area contributed by atoms with Crippen molar-refractivity contribution in [3.8, 4) is 15.6 Å². The van der Waals surface area contributed by atoms with Crippen molar-refractivity contribution in [1.82, 2.24) is 19.9 Å². The lowest BCUT2D eigenvalue weighted by Crippen LogP contribution is -2.61. The normalized spacial score (nSPS) is 34.2. The van der Waals surface area contributed by atoms with Gasteiger partial charge in [-0.05, 0) is 18.8 Å². The second kappa shape index (κ2) is 6.00. The molecule has 7 heteroatoms. The van der Waals surface area contributed by atoms with Gasteiger partial charge in [-0.25, -0.2) is 15.0 Å². The number of aromatic nitrogens is 3. The quantitative estimate of drug-likeness (QED) is 0.852. The fourth-order valence-corrected chi connectivity index (χ4v) is 5.33. The van der Waals surface area contributed by atoms with E-state index in [4.69, 9.17) is 4.74 Å². The Bertz CT molecular complexity index is 652. The van der Waals surface area contributed by atoms with Crippen LogP contribution in [0.15, 0.2) is 24.9 Å². The topological polar surface area (TPSA) is 51.1 Å². The van der Waals surface area contributed by atoms with Crippen LogP contribution >= 0.6 is 23.7 Å². The first-order chi connectivity index (χ1) is 10.8. The van der Waals surface area contributed by atoms with Gasteiger partial charge in [0.05, 0.1) is 4.88 Å². The molecule has 4 fully saturated rings. The Morgan fingerprint density at radius 1 is 1.04 bits per heavy atom. The SMILES string of the molecule is Cl.c1ncc(-c2cnc(OC3[C@H]4CC5C[C@H]3CN(C5)C4)s2)cn1. The molecule has 3 aliphatic heterocycles. The van der Waals surface area contributed by atoms with Crippen LogP contribution in [-0.2, 0) is 0 Å². The van der Waals surface area contributed by atoms with Gasteiger partial charge >= 0.3 is 0 Å². The Labute approximate surface area is 145 Å². The lowest BCUT2D eigenvalue weighted by atomic mass is 9.66. The standard InChI is InChI=1S/C16H18N4OS.ClH/c1-10-2-12-8-20(6-10)7-11(1)15(12)21-16-19-5-14(22-16)13-3-17-9-18-4-13;/h3-5,9-12,15H,1-2,6-8H2;1H/t10?,11-,12-,15?;/m0./s1. The van der Waals surface area contributed by atoms with Gasteiger partial charge < -0.3 is 9.64 Å². The monoisotopic (exact) mass is 350 g/mol. The molecule has 5 nitrogen and oxygen atoms in total. The van der Waals surface area contributed by atoms with Crippen molar-refractivity contribution in [2.75, 3.05) is 19.6 Å². The van der Waals surface area contributed by atoms with Crippen LogP contribution in [0.4, 0.5) is 0 Å². The number of thiazole rings is 1. The molecule has 0 unspecified atom stereocenters. The molecule has 4 bridgehead atoms. The highest BCUT2D eigenvalue weighted by molar-refractivity contribution is 7.16. The number of ether oxygens (including phenoxy) is 1. The van der Waals surface area contributed by atoms with Crippen LogP contribution in [0, 0.1) is 17.8 Å². The Kier molecular flexibility index (Phi) is 3.99. The summed E-state index contributed by atoms with van der Waals surface area (Å²) in [6.07, 6.45) is 10.1. The van der Waals surface area contributed by atoms with E-state index in [-0.39, 0.29) is 12.4 Å². The van der Waals surface area contributed by atoms with E-state index in [1.165, 1.54) is 32.5 Å². The molecule has 6 rings (SSSR count). The number of hydrogen-bond donors (Lipinski definition) is 0. The van der Waals surface area contributed by atoms with Gasteiger partial charge in [0.2, 0.25) is 0 Å². The molecule has 3 saturated heterocycles. The smallest absolute Gasteiger partial charge is 0.274 e. The molecule has 0 amide bonds. The third-order valence-electron chi connectivity index (χ3n) is 5.27. The van der Waals surface area contributed by atoms with Gasteiger partial charge in [-0.1, -0.05) is 11.3 Å². The lowest BCUT2D eigenvalue weighted by Gasteiger charge is -2.55. The van der Waals surface area contributed by atoms with Crippen molar-refractivity contribution in [1.29, 1.82) is 0 Å². The van der Waals surface area contributed by atoms with Crippen LogP contribution in [0.2, 0.25) is 0 Å². The first kappa shape index (κ1) is 15.3. The van der Waals surface area contributed by atoms with Gasteiger partial charge in [0.25, 0.3) is 5.19 Å². The highest BCUT2D eigenvalue weighted by atomic mass is 35.5. The summed E-state index contributed by atoms with van der Waals surface area (Å²) in [5, 5.41) is 0.798. The summed E-state index contributed by atoms with van der Waals surface area (Å²) >= 11 is 1.60. The molecule has 4 aliphatic rings. The third-order valence-corrected chi connectivity index (χ3v) is 6.21. The van der Waals surface area contributed by atoms with Gasteiger partial charge in [0.1, 0.15) is 12.4 Å². The Hall–Kier alpha value is -1.24. The lowest BCUT2D eigenvalue weighted by molar-refractivity contribution is -0.0985. The molecule has 1 saturated carbocycles. The molecule has 122 valence electrons. The minimum atomic E-state index is 0. The van der Waals surface area contributed by atoms with Gasteiger partial charge in [-0.3, -0.25) is 0 Å². The molecular weight excluding hydrogens is 332 g/mol. The Morgan fingerprint density at radius 2 is 1.78 bits per heavy atom. The zero-order chi connectivity index (χ0) is 14.5. The van der Waals surface area contributed by atoms with Crippen LogP contribution in [0.5, 0.6) is 5.19 Å². The highest BCUT2D eigenvalue weighted by Gasteiger charge is 2.48. The molecular formula is C16H19ClN4OS. The maximum Gasteiger partial charge on any atom is 0.274 e. The van der Waals surface area contributed by atoms with Gasteiger partial charge in [0.15, 0.2) is 0 Å². The van der Waals surface area contributed by atoms with E-state index in [1.54, 1.807) is 17.7 Å². The predicted molar refractivity (Wildman–Crippen MR) is 90.9 cm³/mol. The van der Waals surface area contributed by atoms with Crippen molar-refractivity contribution in [2.24, 2.45) is 17.8 Å². The number of hydrogen-bond acceptors (Lipinski definition) is 6. The van der Waals surface area contributed by atoms with E-state index >= 15 is 0 Å². The molecule has 2 atom stereocenters. The van der Waals surface area contributed by atoms with E-state index in [2.05, 4.69) is 19.9 Å².